The lowest BCUT2D eigenvalue weighted by atomic mass is 9.89. The van der Waals surface area contributed by atoms with Gasteiger partial charge in [0.25, 0.3) is 5.76 Å². The number of nitrogens with one attached hydrogen (secondary N) is 2. The Hall–Kier alpha value is -1.14. The van der Waals surface area contributed by atoms with Crippen molar-refractivity contribution in [2.24, 2.45) is 5.92 Å². The number of para-hydroxylation sites is 1. The Morgan fingerprint density at radius 1 is 1.27 bits per heavy atom. The molecule has 22 heavy (non-hydrogen) atoms. The predicted octanol–water partition coefficient (Wildman–Crippen LogP) is 3.86. The van der Waals surface area contributed by atoms with E-state index in [1.54, 1.807) is 24.3 Å². The van der Waals surface area contributed by atoms with Crippen molar-refractivity contribution >= 4 is 23.4 Å². The van der Waals surface area contributed by atoms with Gasteiger partial charge in [0.1, 0.15) is 0 Å². The molecular formula is C16H20F2N2OS. The van der Waals surface area contributed by atoms with Crippen molar-refractivity contribution in [2.75, 3.05) is 5.32 Å². The third kappa shape index (κ3) is 3.98. The van der Waals surface area contributed by atoms with Crippen LogP contribution in [0, 0.1) is 5.92 Å². The topological polar surface area (TPSA) is 41.1 Å². The lowest BCUT2D eigenvalue weighted by Gasteiger charge is -2.28. The normalized spacial score (nSPS) is 27.1. The Balaban J connectivity index is 1.58. The molecule has 2 atom stereocenters. The molecule has 2 N–H and O–H groups in total. The first-order chi connectivity index (χ1) is 10.6. The molecule has 2 bridgehead atoms. The molecule has 1 aromatic rings. The van der Waals surface area contributed by atoms with E-state index >= 15 is 0 Å². The van der Waals surface area contributed by atoms with Crippen molar-refractivity contribution in [1.82, 2.24) is 5.32 Å². The van der Waals surface area contributed by atoms with E-state index in [2.05, 4.69) is 10.6 Å². The van der Waals surface area contributed by atoms with E-state index in [1.807, 2.05) is 0 Å². The summed E-state index contributed by atoms with van der Waals surface area (Å²) in [6, 6.07) is 7.84. The zero-order chi connectivity index (χ0) is 15.5. The maximum atomic E-state index is 12.5. The molecule has 120 valence electrons. The van der Waals surface area contributed by atoms with Crippen LogP contribution in [0.3, 0.4) is 0 Å². The van der Waals surface area contributed by atoms with Crippen molar-refractivity contribution in [2.45, 2.75) is 54.8 Å². The summed E-state index contributed by atoms with van der Waals surface area (Å²) in [4.78, 5) is 12.6. The van der Waals surface area contributed by atoms with Gasteiger partial charge in [0.05, 0.1) is 5.69 Å². The van der Waals surface area contributed by atoms with Gasteiger partial charge in [-0.15, -0.1) is 0 Å². The Labute approximate surface area is 133 Å². The standard InChI is InChI=1S/C16H20F2N2OS/c17-16(18)22-14-4-2-1-3-13(14)20-15(21)9-10-7-11-5-6-12(8-10)19-11/h1-4,10-12,16,19H,5-9H2,(H,20,21). The molecular weight excluding hydrogens is 306 g/mol. The molecule has 2 unspecified atom stereocenters. The summed E-state index contributed by atoms with van der Waals surface area (Å²) >= 11 is 0.466. The SMILES string of the molecule is O=C(CC1CC2CCC(C1)N2)Nc1ccccc1SC(F)F. The molecule has 1 aromatic carbocycles. The summed E-state index contributed by atoms with van der Waals surface area (Å²) in [7, 11) is 0. The van der Waals surface area contributed by atoms with Gasteiger partial charge in [-0.25, -0.2) is 0 Å². The summed E-state index contributed by atoms with van der Waals surface area (Å²) in [6.45, 7) is 0. The first-order valence-electron chi connectivity index (χ1n) is 7.70. The number of carbonyl (C=O) groups is 1. The van der Waals surface area contributed by atoms with Crippen LogP contribution in [0.15, 0.2) is 29.2 Å². The molecule has 3 nitrogen and oxygen atoms in total. The van der Waals surface area contributed by atoms with E-state index in [0.717, 1.165) is 12.8 Å². The Bertz CT molecular complexity index is 529. The number of anilines is 1. The smallest absolute Gasteiger partial charge is 0.288 e. The lowest BCUT2D eigenvalue weighted by Crippen LogP contribution is -2.39. The van der Waals surface area contributed by atoms with Crippen LogP contribution in [0.2, 0.25) is 0 Å². The first-order valence-corrected chi connectivity index (χ1v) is 8.58. The second-order valence-electron chi connectivity index (χ2n) is 6.10. The second kappa shape index (κ2) is 6.96. The Morgan fingerprint density at radius 3 is 2.64 bits per heavy atom. The third-order valence-electron chi connectivity index (χ3n) is 4.42. The van der Waals surface area contributed by atoms with Crippen molar-refractivity contribution in [1.29, 1.82) is 0 Å². The highest BCUT2D eigenvalue weighted by Gasteiger charge is 2.34. The number of halogens is 2. The first kappa shape index (κ1) is 15.7. The van der Waals surface area contributed by atoms with E-state index in [-0.39, 0.29) is 5.91 Å². The minimum atomic E-state index is -2.49. The predicted molar refractivity (Wildman–Crippen MR) is 84.2 cm³/mol. The summed E-state index contributed by atoms with van der Waals surface area (Å²) < 4.78 is 25.1. The molecule has 1 amide bonds. The molecule has 2 fully saturated rings. The molecule has 0 spiro atoms. The van der Waals surface area contributed by atoms with Gasteiger partial charge in [-0.3, -0.25) is 4.79 Å². The molecule has 2 heterocycles. The van der Waals surface area contributed by atoms with Crippen LogP contribution < -0.4 is 10.6 Å². The van der Waals surface area contributed by atoms with Gasteiger partial charge in [0.15, 0.2) is 0 Å². The average Bonchev–Trinajstić information content (AvgIpc) is 2.79. The Kier molecular flexibility index (Phi) is 4.98. The zero-order valence-electron chi connectivity index (χ0n) is 12.2. The number of benzene rings is 1. The summed E-state index contributed by atoms with van der Waals surface area (Å²) in [5, 5.41) is 6.36. The van der Waals surface area contributed by atoms with Gasteiger partial charge in [-0.2, -0.15) is 8.78 Å². The summed E-state index contributed by atoms with van der Waals surface area (Å²) in [5.74, 6) is -2.17. The van der Waals surface area contributed by atoms with Gasteiger partial charge in [-0.05, 0) is 43.7 Å². The van der Waals surface area contributed by atoms with Crippen LogP contribution in [0.25, 0.3) is 0 Å². The van der Waals surface area contributed by atoms with Gasteiger partial charge < -0.3 is 10.6 Å². The molecule has 3 rings (SSSR count). The third-order valence-corrected chi connectivity index (χ3v) is 5.21. The molecule has 6 heteroatoms. The number of fused-ring (bicyclic) bond motifs is 2. The van der Waals surface area contributed by atoms with Gasteiger partial charge in [0.2, 0.25) is 5.91 Å². The van der Waals surface area contributed by atoms with Crippen molar-refractivity contribution in [3.63, 3.8) is 0 Å². The molecule has 2 aliphatic rings. The van der Waals surface area contributed by atoms with Gasteiger partial charge in [0, 0.05) is 23.4 Å². The number of amides is 1. The number of hydrogen-bond donors (Lipinski definition) is 2. The van der Waals surface area contributed by atoms with E-state index in [0.29, 0.717) is 46.8 Å². The molecule has 0 radical (unpaired) electrons. The van der Waals surface area contributed by atoms with E-state index < -0.39 is 5.76 Å². The second-order valence-corrected chi connectivity index (χ2v) is 7.13. The van der Waals surface area contributed by atoms with Crippen LogP contribution in [0.1, 0.15) is 32.1 Å². The highest BCUT2D eigenvalue weighted by atomic mass is 32.2. The quantitative estimate of drug-likeness (QED) is 0.807. The summed E-state index contributed by atoms with van der Waals surface area (Å²) in [6.07, 6.45) is 4.96. The zero-order valence-corrected chi connectivity index (χ0v) is 13.0. The maximum absolute atomic E-state index is 12.5. The molecule has 0 aliphatic carbocycles. The van der Waals surface area contributed by atoms with Crippen LogP contribution >= 0.6 is 11.8 Å². The van der Waals surface area contributed by atoms with E-state index in [4.69, 9.17) is 0 Å². The van der Waals surface area contributed by atoms with Gasteiger partial charge >= 0.3 is 0 Å². The fourth-order valence-corrected chi connectivity index (χ4v) is 4.17. The fraction of sp³-hybridized carbons (Fsp3) is 0.562. The van der Waals surface area contributed by atoms with Gasteiger partial charge in [-0.1, -0.05) is 23.9 Å². The van der Waals surface area contributed by atoms with E-state index in [1.165, 1.54) is 12.8 Å². The molecule has 2 saturated heterocycles. The van der Waals surface area contributed by atoms with Crippen LogP contribution in [-0.2, 0) is 4.79 Å². The number of piperidine rings is 1. The summed E-state index contributed by atoms with van der Waals surface area (Å²) in [5.41, 5.74) is 0.481. The minimum Gasteiger partial charge on any atom is -0.325 e. The highest BCUT2D eigenvalue weighted by molar-refractivity contribution is 7.99. The molecule has 0 saturated carbocycles. The largest absolute Gasteiger partial charge is 0.325 e. The van der Waals surface area contributed by atoms with Crippen LogP contribution in [-0.4, -0.2) is 23.7 Å². The monoisotopic (exact) mass is 326 g/mol. The number of carbonyl (C=O) groups excluding carboxylic acids is 1. The molecule has 2 aliphatic heterocycles. The average molecular weight is 326 g/mol. The number of alkyl halides is 2. The number of thioether (sulfide) groups is 1. The Morgan fingerprint density at radius 2 is 1.95 bits per heavy atom. The molecule has 0 aromatic heterocycles. The number of hydrogen-bond acceptors (Lipinski definition) is 3. The fourth-order valence-electron chi connectivity index (χ4n) is 3.57. The maximum Gasteiger partial charge on any atom is 0.288 e. The highest BCUT2D eigenvalue weighted by Crippen LogP contribution is 2.34. The van der Waals surface area contributed by atoms with Crippen LogP contribution in [0.5, 0.6) is 0 Å². The van der Waals surface area contributed by atoms with Crippen molar-refractivity contribution < 1.29 is 13.6 Å². The van der Waals surface area contributed by atoms with Crippen molar-refractivity contribution in [3.8, 4) is 0 Å². The number of rotatable bonds is 5. The van der Waals surface area contributed by atoms with E-state index in [9.17, 15) is 13.6 Å². The van der Waals surface area contributed by atoms with Crippen LogP contribution in [0.4, 0.5) is 14.5 Å². The lowest BCUT2D eigenvalue weighted by molar-refractivity contribution is -0.117. The minimum absolute atomic E-state index is 0.0754. The van der Waals surface area contributed by atoms with Crippen molar-refractivity contribution in [3.05, 3.63) is 24.3 Å².